The first-order valence-electron chi connectivity index (χ1n) is 6.21. The zero-order chi connectivity index (χ0) is 13.0. The van der Waals surface area contributed by atoms with E-state index in [1.165, 1.54) is 6.20 Å². The Morgan fingerprint density at radius 3 is 3.17 bits per heavy atom. The number of aromatic nitrogens is 1. The molecule has 0 saturated carbocycles. The van der Waals surface area contributed by atoms with E-state index in [9.17, 15) is 4.79 Å². The van der Waals surface area contributed by atoms with Crippen LogP contribution in [0.3, 0.4) is 0 Å². The lowest BCUT2D eigenvalue weighted by Crippen LogP contribution is -2.35. The van der Waals surface area contributed by atoms with Gasteiger partial charge in [0.05, 0.1) is 12.2 Å². The molecule has 0 aromatic carbocycles. The Hall–Kier alpha value is -1.62. The third kappa shape index (κ3) is 2.98. The highest BCUT2D eigenvalue weighted by atomic mass is 16.5. The predicted molar refractivity (Wildman–Crippen MR) is 69.2 cm³/mol. The predicted octanol–water partition coefficient (Wildman–Crippen LogP) is 1.16. The van der Waals surface area contributed by atoms with Crippen molar-refractivity contribution in [2.75, 3.05) is 32.5 Å². The van der Waals surface area contributed by atoms with Crippen molar-refractivity contribution in [1.82, 2.24) is 9.88 Å². The van der Waals surface area contributed by atoms with Crippen molar-refractivity contribution in [1.29, 1.82) is 0 Å². The average Bonchev–Trinajstić information content (AvgIpc) is 2.39. The van der Waals surface area contributed by atoms with Gasteiger partial charge < -0.3 is 15.4 Å². The van der Waals surface area contributed by atoms with Gasteiger partial charge >= 0.3 is 0 Å². The molecule has 1 unspecified atom stereocenters. The number of carbonyl (C=O) groups excluding carboxylic acids is 1. The Labute approximate surface area is 107 Å². The minimum absolute atomic E-state index is 0.0776. The average molecular weight is 249 g/mol. The highest BCUT2D eigenvalue weighted by molar-refractivity contribution is 5.98. The van der Waals surface area contributed by atoms with Gasteiger partial charge in [-0.1, -0.05) is 0 Å². The van der Waals surface area contributed by atoms with Crippen LogP contribution in [0.4, 0.5) is 5.69 Å². The van der Waals surface area contributed by atoms with Crippen LogP contribution < -0.4 is 5.73 Å². The maximum absolute atomic E-state index is 12.2. The first-order valence-corrected chi connectivity index (χ1v) is 6.21. The van der Waals surface area contributed by atoms with Gasteiger partial charge in [0.25, 0.3) is 5.91 Å². The molecule has 0 spiro atoms. The lowest BCUT2D eigenvalue weighted by atomic mass is 10.0. The van der Waals surface area contributed by atoms with Crippen molar-refractivity contribution in [3.63, 3.8) is 0 Å². The molecule has 2 N–H and O–H groups in total. The van der Waals surface area contributed by atoms with E-state index in [0.717, 1.165) is 26.1 Å². The molecule has 18 heavy (non-hydrogen) atoms. The van der Waals surface area contributed by atoms with Crippen molar-refractivity contribution in [3.05, 3.63) is 24.0 Å². The van der Waals surface area contributed by atoms with E-state index in [1.54, 1.807) is 24.2 Å². The summed E-state index contributed by atoms with van der Waals surface area (Å²) in [5.41, 5.74) is 6.72. The van der Waals surface area contributed by atoms with Crippen LogP contribution in [-0.4, -0.2) is 42.6 Å². The molecule has 1 fully saturated rings. The minimum Gasteiger partial charge on any atom is -0.398 e. The molecular formula is C13H19N3O2. The van der Waals surface area contributed by atoms with Gasteiger partial charge in [-0.3, -0.25) is 9.78 Å². The summed E-state index contributed by atoms with van der Waals surface area (Å²) < 4.78 is 5.42. The Kier molecular flexibility index (Phi) is 4.15. The molecule has 1 aliphatic rings. The quantitative estimate of drug-likeness (QED) is 0.873. The third-order valence-corrected chi connectivity index (χ3v) is 3.22. The first-order chi connectivity index (χ1) is 8.68. The van der Waals surface area contributed by atoms with E-state index < -0.39 is 0 Å². The van der Waals surface area contributed by atoms with Gasteiger partial charge in [-0.05, 0) is 24.8 Å². The Morgan fingerprint density at radius 1 is 1.67 bits per heavy atom. The summed E-state index contributed by atoms with van der Waals surface area (Å²) in [4.78, 5) is 17.8. The number of rotatable bonds is 3. The van der Waals surface area contributed by atoms with Gasteiger partial charge in [-0.25, -0.2) is 0 Å². The molecule has 1 aromatic heterocycles. The van der Waals surface area contributed by atoms with Gasteiger partial charge in [0, 0.05) is 38.3 Å². The van der Waals surface area contributed by atoms with Gasteiger partial charge in [-0.2, -0.15) is 0 Å². The zero-order valence-corrected chi connectivity index (χ0v) is 10.6. The van der Waals surface area contributed by atoms with E-state index in [-0.39, 0.29) is 5.91 Å². The summed E-state index contributed by atoms with van der Waals surface area (Å²) >= 11 is 0. The molecule has 1 saturated heterocycles. The Bertz CT molecular complexity index is 416. The summed E-state index contributed by atoms with van der Waals surface area (Å²) in [6.45, 7) is 2.27. The molecular weight excluding hydrogens is 230 g/mol. The number of pyridine rings is 1. The van der Waals surface area contributed by atoms with Gasteiger partial charge in [0.15, 0.2) is 0 Å². The van der Waals surface area contributed by atoms with Crippen molar-refractivity contribution >= 4 is 11.6 Å². The molecule has 98 valence electrons. The monoisotopic (exact) mass is 249 g/mol. The fourth-order valence-electron chi connectivity index (χ4n) is 2.21. The second kappa shape index (κ2) is 5.82. The number of nitrogens with two attached hydrogens (primary N) is 1. The molecule has 1 atom stereocenters. The van der Waals surface area contributed by atoms with E-state index >= 15 is 0 Å². The fraction of sp³-hybridized carbons (Fsp3) is 0.538. The summed E-state index contributed by atoms with van der Waals surface area (Å²) in [6.07, 6.45) is 5.29. The topological polar surface area (TPSA) is 68.5 Å². The van der Waals surface area contributed by atoms with E-state index in [0.29, 0.717) is 23.7 Å². The van der Waals surface area contributed by atoms with Crippen molar-refractivity contribution in [2.45, 2.75) is 12.8 Å². The lowest BCUT2D eigenvalue weighted by molar-refractivity contribution is 0.0389. The maximum atomic E-state index is 12.2. The van der Waals surface area contributed by atoms with Gasteiger partial charge in [-0.15, -0.1) is 0 Å². The van der Waals surface area contributed by atoms with Crippen LogP contribution in [0.2, 0.25) is 0 Å². The standard InChI is InChI=1S/C13H19N3O2/c1-16(8-10-3-2-6-18-9-10)13(17)11-7-15-5-4-12(11)14/h4-5,7,10H,2-3,6,8-9H2,1H3,(H2,14,15). The second-order valence-electron chi connectivity index (χ2n) is 4.73. The van der Waals surface area contributed by atoms with Gasteiger partial charge in [0.2, 0.25) is 0 Å². The van der Waals surface area contributed by atoms with Crippen LogP contribution in [0, 0.1) is 5.92 Å². The highest BCUT2D eigenvalue weighted by Gasteiger charge is 2.20. The number of amides is 1. The van der Waals surface area contributed by atoms with Gasteiger partial charge in [0.1, 0.15) is 0 Å². The zero-order valence-electron chi connectivity index (χ0n) is 10.6. The number of nitrogens with zero attached hydrogens (tertiary/aromatic N) is 2. The Balaban J connectivity index is 1.98. The molecule has 2 heterocycles. The van der Waals surface area contributed by atoms with Crippen LogP contribution in [0.5, 0.6) is 0 Å². The van der Waals surface area contributed by atoms with Crippen molar-refractivity contribution < 1.29 is 9.53 Å². The summed E-state index contributed by atoms with van der Waals surface area (Å²) in [5.74, 6) is 0.344. The third-order valence-electron chi connectivity index (χ3n) is 3.22. The number of hydrogen-bond donors (Lipinski definition) is 1. The molecule has 5 nitrogen and oxygen atoms in total. The summed E-state index contributed by atoms with van der Waals surface area (Å²) in [5, 5.41) is 0. The summed E-state index contributed by atoms with van der Waals surface area (Å²) in [6, 6.07) is 1.64. The van der Waals surface area contributed by atoms with Crippen LogP contribution in [0.25, 0.3) is 0 Å². The first kappa shape index (κ1) is 12.8. The van der Waals surface area contributed by atoms with Crippen molar-refractivity contribution in [2.24, 2.45) is 5.92 Å². The van der Waals surface area contributed by atoms with E-state index in [2.05, 4.69) is 4.98 Å². The van der Waals surface area contributed by atoms with Crippen molar-refractivity contribution in [3.8, 4) is 0 Å². The summed E-state index contributed by atoms with van der Waals surface area (Å²) in [7, 11) is 1.80. The maximum Gasteiger partial charge on any atom is 0.257 e. The SMILES string of the molecule is CN(CC1CCCOC1)C(=O)c1cnccc1N. The Morgan fingerprint density at radius 2 is 2.50 bits per heavy atom. The molecule has 1 aromatic rings. The number of anilines is 1. The number of ether oxygens (including phenoxy) is 1. The van der Waals surface area contributed by atoms with Crippen LogP contribution >= 0.6 is 0 Å². The number of hydrogen-bond acceptors (Lipinski definition) is 4. The molecule has 0 radical (unpaired) electrons. The normalized spacial score (nSPS) is 19.5. The molecule has 0 bridgehead atoms. The minimum atomic E-state index is -0.0776. The van der Waals surface area contributed by atoms with Crippen LogP contribution in [-0.2, 0) is 4.74 Å². The molecule has 0 aliphatic carbocycles. The van der Waals surface area contributed by atoms with Crippen LogP contribution in [0.15, 0.2) is 18.5 Å². The van der Waals surface area contributed by atoms with E-state index in [4.69, 9.17) is 10.5 Å². The largest absolute Gasteiger partial charge is 0.398 e. The second-order valence-corrected chi connectivity index (χ2v) is 4.73. The molecule has 2 rings (SSSR count). The molecule has 1 aliphatic heterocycles. The number of carbonyl (C=O) groups is 1. The van der Waals surface area contributed by atoms with E-state index in [1.807, 2.05) is 0 Å². The lowest BCUT2D eigenvalue weighted by Gasteiger charge is -2.27. The fourth-order valence-corrected chi connectivity index (χ4v) is 2.21. The smallest absolute Gasteiger partial charge is 0.257 e. The van der Waals surface area contributed by atoms with Crippen LogP contribution in [0.1, 0.15) is 23.2 Å². The highest BCUT2D eigenvalue weighted by Crippen LogP contribution is 2.17. The number of nitrogen functional groups attached to an aromatic ring is 1. The molecule has 5 heteroatoms. The molecule has 1 amide bonds.